The zero-order valence-electron chi connectivity index (χ0n) is 17.1. The van der Waals surface area contributed by atoms with Crippen LogP contribution in [-0.4, -0.2) is 13.6 Å². The monoisotopic (exact) mass is 502 g/mol. The van der Waals surface area contributed by atoms with E-state index in [1.165, 1.54) is 32.3 Å². The summed E-state index contributed by atoms with van der Waals surface area (Å²) >= 11 is 0. The molecule has 0 aromatic heterocycles. The Morgan fingerprint density at radius 2 is 1.29 bits per heavy atom. The van der Waals surface area contributed by atoms with Gasteiger partial charge in [0.05, 0.1) is 0 Å². The average molecular weight is 505 g/mol. The Bertz CT molecular complexity index is 950. The van der Waals surface area contributed by atoms with E-state index in [1.54, 1.807) is 0 Å². The molecule has 0 saturated carbocycles. The zero-order valence-corrected chi connectivity index (χ0v) is 22.1. The van der Waals surface area contributed by atoms with Crippen LogP contribution in [-0.2, 0) is 26.2 Å². The van der Waals surface area contributed by atoms with Crippen molar-refractivity contribution < 1.29 is 51.0 Å². The first kappa shape index (κ1) is 27.3. The molecule has 4 rings (SSSR count). The molecule has 0 unspecified atom stereocenters. The Morgan fingerprint density at radius 1 is 0.821 bits per heavy atom. The fourth-order valence-corrected chi connectivity index (χ4v) is 3.82. The molecular weight excluding hydrogens is 478 g/mol. The summed E-state index contributed by atoms with van der Waals surface area (Å²) in [7, 11) is -0.306. The second-order valence-corrected chi connectivity index (χ2v) is 10.4. The Kier molecular flexibility index (Phi) is 11.2. The summed E-state index contributed by atoms with van der Waals surface area (Å²) in [6.45, 7) is 11.4. The van der Waals surface area contributed by atoms with Gasteiger partial charge in [0.25, 0.3) is 0 Å². The summed E-state index contributed by atoms with van der Waals surface area (Å²) < 4.78 is 0. The van der Waals surface area contributed by atoms with Crippen molar-refractivity contribution in [3.8, 4) is 0 Å². The maximum Gasteiger partial charge on any atom is 4.00 e. The van der Waals surface area contributed by atoms with Gasteiger partial charge in [-0.25, -0.2) is 6.08 Å². The van der Waals surface area contributed by atoms with Gasteiger partial charge in [-0.2, -0.15) is 22.9 Å². The second-order valence-electron chi connectivity index (χ2n) is 7.87. The minimum atomic E-state index is -0.306. The van der Waals surface area contributed by atoms with E-state index >= 15 is 0 Å². The van der Waals surface area contributed by atoms with Gasteiger partial charge in [0, 0.05) is 0 Å². The topological polar surface area (TPSA) is 0 Å². The van der Waals surface area contributed by atoms with E-state index in [-0.39, 0.29) is 64.8 Å². The summed E-state index contributed by atoms with van der Waals surface area (Å²) in [5, 5.41) is 6.83. The van der Waals surface area contributed by atoms with Crippen molar-refractivity contribution in [3.63, 3.8) is 0 Å². The molecular formula is C24H26Cl2SiZr. The van der Waals surface area contributed by atoms with E-state index in [2.05, 4.69) is 107 Å². The predicted molar refractivity (Wildman–Crippen MR) is 115 cm³/mol. The molecule has 1 aliphatic carbocycles. The van der Waals surface area contributed by atoms with Crippen LogP contribution in [0.4, 0.5) is 0 Å². The molecule has 0 bridgehead atoms. The van der Waals surface area contributed by atoms with Gasteiger partial charge in [0.15, 0.2) is 0 Å². The number of hydrogen-bond donors (Lipinski definition) is 0. The largest absolute Gasteiger partial charge is 4.00 e. The van der Waals surface area contributed by atoms with Gasteiger partial charge in [-0.1, -0.05) is 75.7 Å². The molecule has 144 valence electrons. The summed E-state index contributed by atoms with van der Waals surface area (Å²) in [6.07, 6.45) is 7.82. The van der Waals surface area contributed by atoms with Crippen LogP contribution >= 0.6 is 0 Å². The van der Waals surface area contributed by atoms with Gasteiger partial charge < -0.3 is 24.8 Å². The van der Waals surface area contributed by atoms with Crippen LogP contribution in [0.3, 0.4) is 0 Å². The van der Waals surface area contributed by atoms with E-state index in [0.29, 0.717) is 0 Å². The molecule has 0 spiro atoms. The summed E-state index contributed by atoms with van der Waals surface area (Å²) in [6, 6.07) is 19.3. The van der Waals surface area contributed by atoms with Crippen molar-refractivity contribution in [2.45, 2.75) is 33.9 Å². The maximum atomic E-state index is 3.36. The fourth-order valence-electron chi connectivity index (χ4n) is 3.02. The number of fused-ring (bicyclic) bond motifs is 3. The van der Waals surface area contributed by atoms with Crippen molar-refractivity contribution in [3.05, 3.63) is 78.4 Å². The smallest absolute Gasteiger partial charge is 1.00 e. The third-order valence-corrected chi connectivity index (χ3v) is 5.98. The molecule has 0 heterocycles. The molecule has 0 aliphatic heterocycles. The van der Waals surface area contributed by atoms with Gasteiger partial charge in [-0.3, -0.25) is 0 Å². The van der Waals surface area contributed by atoms with E-state index in [0.717, 1.165) is 0 Å². The van der Waals surface area contributed by atoms with Gasteiger partial charge >= 0.3 is 26.2 Å². The van der Waals surface area contributed by atoms with Crippen molar-refractivity contribution in [2.24, 2.45) is 5.41 Å². The van der Waals surface area contributed by atoms with Crippen molar-refractivity contribution >= 4 is 35.1 Å². The molecule has 4 heteroatoms. The number of hydrogen-bond acceptors (Lipinski definition) is 0. The molecule has 0 N–H and O–H groups in total. The summed E-state index contributed by atoms with van der Waals surface area (Å²) in [5.41, 5.74) is 1.70. The Hall–Kier alpha value is -0.660. The number of halogens is 2. The normalized spacial score (nSPS) is 12.3. The third kappa shape index (κ3) is 6.42. The number of benzene rings is 2. The molecule has 28 heavy (non-hydrogen) atoms. The average Bonchev–Trinajstić information content (AvgIpc) is 3.20. The van der Waals surface area contributed by atoms with Crippen molar-refractivity contribution in [1.82, 2.24) is 0 Å². The van der Waals surface area contributed by atoms with Crippen LogP contribution in [0.5, 0.6) is 0 Å². The first-order valence-electron chi connectivity index (χ1n) is 8.89. The molecule has 0 atom stereocenters. The Balaban J connectivity index is 0.000000472. The first-order valence-corrected chi connectivity index (χ1v) is 11.4. The number of allylic oxidation sites excluding steroid dienone is 4. The third-order valence-electron chi connectivity index (χ3n) is 4.61. The van der Waals surface area contributed by atoms with Crippen molar-refractivity contribution in [2.75, 3.05) is 0 Å². The van der Waals surface area contributed by atoms with Gasteiger partial charge in [-0.05, 0) is 8.41 Å². The first-order chi connectivity index (χ1) is 11.9. The molecule has 0 nitrogen and oxygen atoms in total. The quantitative estimate of drug-likeness (QED) is 0.310. The molecule has 0 radical (unpaired) electrons. The fraction of sp³-hybridized carbons (Fsp3) is 0.250. The van der Waals surface area contributed by atoms with E-state index in [9.17, 15) is 0 Å². The standard InChI is InChI=1S/C13H9.C11H17Si.2ClH.Zr/c1-3-7-12-10(5-1)9-11-6-2-4-8-13(11)12;1-11(2,3)9-6-7-10(8-9)12(4)5;;;/h1-9H;6,8H,1-5H3;2*1H;/q2*-1;;;+4/p-2. The molecule has 3 aromatic carbocycles. The van der Waals surface area contributed by atoms with Crippen LogP contribution in [0.25, 0.3) is 21.5 Å². The Labute approximate surface area is 202 Å². The van der Waals surface area contributed by atoms with E-state index in [4.69, 9.17) is 0 Å². The minimum Gasteiger partial charge on any atom is -1.00 e. The number of rotatable bonds is 0. The summed E-state index contributed by atoms with van der Waals surface area (Å²) in [5.74, 6) is 0. The van der Waals surface area contributed by atoms with Crippen molar-refractivity contribution in [1.29, 1.82) is 0 Å². The second kappa shape index (κ2) is 11.5. The molecule has 0 fully saturated rings. The van der Waals surface area contributed by atoms with Gasteiger partial charge in [0.2, 0.25) is 0 Å². The Morgan fingerprint density at radius 3 is 1.64 bits per heavy atom. The van der Waals surface area contributed by atoms with E-state index in [1.807, 2.05) is 0 Å². The zero-order chi connectivity index (χ0) is 18.0. The SMILES string of the molecule is C[Si](C)=C1[C-]=CC(C(C)(C)C)=C1.[Cl-].[Cl-].[Zr+4].c1ccc2c(c1)[cH-]c1ccccc12. The molecule has 0 saturated heterocycles. The van der Waals surface area contributed by atoms with Gasteiger partial charge in [0.1, 0.15) is 0 Å². The predicted octanol–water partition coefficient (Wildman–Crippen LogP) is 0.558. The van der Waals surface area contributed by atoms with E-state index < -0.39 is 0 Å². The van der Waals surface area contributed by atoms with Crippen LogP contribution in [0, 0.1) is 11.5 Å². The molecule has 3 aromatic rings. The summed E-state index contributed by atoms with van der Waals surface area (Å²) in [4.78, 5) is 0. The van der Waals surface area contributed by atoms with Gasteiger partial charge in [-0.15, -0.1) is 39.7 Å². The van der Waals surface area contributed by atoms with Crippen LogP contribution in [0.2, 0.25) is 13.1 Å². The van der Waals surface area contributed by atoms with Crippen LogP contribution in [0.15, 0.2) is 72.3 Å². The molecule has 1 aliphatic rings. The van der Waals surface area contributed by atoms with Crippen LogP contribution < -0.4 is 24.8 Å². The minimum absolute atomic E-state index is 0. The maximum absolute atomic E-state index is 3.36. The molecule has 0 amide bonds. The van der Waals surface area contributed by atoms with Crippen LogP contribution in [0.1, 0.15) is 20.8 Å².